The molecule has 3 atom stereocenters. The van der Waals surface area contributed by atoms with E-state index in [4.69, 9.17) is 42.1 Å². The Kier molecular flexibility index (Phi) is 6.58. The van der Waals surface area contributed by atoms with E-state index in [9.17, 15) is 0 Å². The summed E-state index contributed by atoms with van der Waals surface area (Å²) in [7, 11) is 1.62. The highest BCUT2D eigenvalue weighted by molar-refractivity contribution is 6.35. The van der Waals surface area contributed by atoms with Gasteiger partial charge in [-0.2, -0.15) is 0 Å². The molecule has 4 nitrogen and oxygen atoms in total. The highest BCUT2D eigenvalue weighted by Crippen LogP contribution is 2.31. The van der Waals surface area contributed by atoms with Crippen LogP contribution in [0.3, 0.4) is 0 Å². The van der Waals surface area contributed by atoms with Gasteiger partial charge in [0.2, 0.25) is 0 Å². The van der Waals surface area contributed by atoms with Gasteiger partial charge < -0.3 is 18.9 Å². The van der Waals surface area contributed by atoms with Gasteiger partial charge in [-0.25, -0.2) is 0 Å². The summed E-state index contributed by atoms with van der Waals surface area (Å²) in [6, 6.07) is 7.53. The maximum atomic E-state index is 5.96. The molecule has 0 unspecified atom stereocenters. The molecule has 1 heterocycles. The van der Waals surface area contributed by atoms with Crippen LogP contribution in [0.2, 0.25) is 0 Å². The fourth-order valence-electron chi connectivity index (χ4n) is 2.16. The third-order valence-corrected chi connectivity index (χ3v) is 3.77. The Morgan fingerprint density at radius 2 is 2.14 bits per heavy atom. The molecule has 1 aromatic carbocycles. The predicted molar refractivity (Wildman–Crippen MR) is 86.0 cm³/mol. The van der Waals surface area contributed by atoms with Gasteiger partial charge in [-0.05, 0) is 30.2 Å². The summed E-state index contributed by atoms with van der Waals surface area (Å²) in [5, 5.41) is 0.107. The predicted octanol–water partition coefficient (Wildman–Crippen LogP) is 4.35. The molecule has 0 aromatic heterocycles. The molecule has 120 valence electrons. The van der Waals surface area contributed by atoms with Crippen LogP contribution in [0.4, 0.5) is 0 Å². The molecule has 1 aliphatic rings. The molecule has 0 N–H and O–H groups in total. The molecule has 6 heteroatoms. The Labute approximate surface area is 140 Å². The Bertz CT molecular complexity index is 515. The third kappa shape index (κ3) is 4.40. The van der Waals surface area contributed by atoms with Crippen LogP contribution in [0.25, 0.3) is 0 Å². The van der Waals surface area contributed by atoms with Crippen molar-refractivity contribution in [2.24, 2.45) is 0 Å². The summed E-state index contributed by atoms with van der Waals surface area (Å²) < 4.78 is 22.3. The second kappa shape index (κ2) is 8.44. The molecular formula is C16H18Cl2O4. The number of halogens is 2. The van der Waals surface area contributed by atoms with Crippen molar-refractivity contribution >= 4 is 23.2 Å². The topological polar surface area (TPSA) is 36.9 Å². The van der Waals surface area contributed by atoms with Crippen molar-refractivity contribution in [1.29, 1.82) is 0 Å². The zero-order chi connectivity index (χ0) is 15.9. The van der Waals surface area contributed by atoms with E-state index >= 15 is 0 Å². The number of hydrogen-bond acceptors (Lipinski definition) is 4. The number of benzene rings is 1. The first-order valence-corrected chi connectivity index (χ1v) is 7.63. The average molecular weight is 345 g/mol. The normalized spacial score (nSPS) is 25.6. The van der Waals surface area contributed by atoms with Crippen molar-refractivity contribution in [2.45, 2.75) is 24.9 Å². The van der Waals surface area contributed by atoms with Crippen LogP contribution in [0.5, 0.6) is 5.75 Å². The molecule has 0 bridgehead atoms. The maximum Gasteiger partial charge on any atom is 0.198 e. The standard InChI is InChI=1S/C16H18Cl2O4/c1-3-4-13-14(21-15(18)9-17)10-20-16(22-13)11-5-7-12(19-2)8-6-11/h3,5-9,13-14,16H,1,4,10H2,2H3/b15-9-/t13-,14+,16+/m0/s1. The van der Waals surface area contributed by atoms with Crippen LogP contribution < -0.4 is 4.74 Å². The van der Waals surface area contributed by atoms with E-state index < -0.39 is 6.29 Å². The lowest BCUT2D eigenvalue weighted by Gasteiger charge is -2.36. The summed E-state index contributed by atoms with van der Waals surface area (Å²) in [5.74, 6) is 0.780. The minimum Gasteiger partial charge on any atom is -0.497 e. The molecule has 1 aromatic rings. The molecule has 0 spiro atoms. The number of rotatable bonds is 6. The zero-order valence-electron chi connectivity index (χ0n) is 12.2. The monoisotopic (exact) mass is 344 g/mol. The van der Waals surface area contributed by atoms with E-state index in [-0.39, 0.29) is 17.4 Å². The summed E-state index contributed by atoms with van der Waals surface area (Å²) in [6.07, 6.45) is 1.37. The van der Waals surface area contributed by atoms with Crippen molar-refractivity contribution in [1.82, 2.24) is 0 Å². The highest BCUT2D eigenvalue weighted by Gasteiger charge is 2.33. The lowest BCUT2D eigenvalue weighted by atomic mass is 10.1. The first-order chi connectivity index (χ1) is 10.7. The van der Waals surface area contributed by atoms with Gasteiger partial charge in [0.1, 0.15) is 18.0 Å². The number of methoxy groups -OCH3 is 1. The van der Waals surface area contributed by atoms with Crippen molar-refractivity contribution in [3.8, 4) is 5.75 Å². The fourth-order valence-corrected chi connectivity index (χ4v) is 2.33. The minimum absolute atomic E-state index is 0.107. The van der Waals surface area contributed by atoms with Crippen LogP contribution >= 0.6 is 23.2 Å². The quantitative estimate of drug-likeness (QED) is 0.568. The summed E-state index contributed by atoms with van der Waals surface area (Å²) in [4.78, 5) is 0. The second-order valence-electron chi connectivity index (χ2n) is 4.71. The van der Waals surface area contributed by atoms with Gasteiger partial charge in [0.05, 0.1) is 19.3 Å². The van der Waals surface area contributed by atoms with Gasteiger partial charge in [-0.3, -0.25) is 0 Å². The Hall–Kier alpha value is -1.20. The van der Waals surface area contributed by atoms with Gasteiger partial charge in [-0.1, -0.05) is 29.8 Å². The summed E-state index contributed by atoms with van der Waals surface area (Å²) >= 11 is 11.3. The van der Waals surface area contributed by atoms with E-state index in [2.05, 4.69) is 6.58 Å². The van der Waals surface area contributed by atoms with Crippen LogP contribution in [0, 0.1) is 0 Å². The van der Waals surface area contributed by atoms with Gasteiger partial charge in [0.15, 0.2) is 11.5 Å². The lowest BCUT2D eigenvalue weighted by Crippen LogP contribution is -2.41. The molecule has 1 aliphatic heterocycles. The van der Waals surface area contributed by atoms with E-state index in [0.29, 0.717) is 13.0 Å². The van der Waals surface area contributed by atoms with Crippen molar-refractivity contribution < 1.29 is 18.9 Å². The molecule has 0 aliphatic carbocycles. The average Bonchev–Trinajstić information content (AvgIpc) is 2.56. The Morgan fingerprint density at radius 1 is 1.41 bits per heavy atom. The van der Waals surface area contributed by atoms with Crippen LogP contribution in [0.1, 0.15) is 18.3 Å². The minimum atomic E-state index is -0.463. The van der Waals surface area contributed by atoms with Crippen molar-refractivity contribution in [2.75, 3.05) is 13.7 Å². The van der Waals surface area contributed by atoms with E-state index in [1.54, 1.807) is 13.2 Å². The highest BCUT2D eigenvalue weighted by atomic mass is 35.5. The first-order valence-electron chi connectivity index (χ1n) is 6.82. The first kappa shape index (κ1) is 17.2. The second-order valence-corrected chi connectivity index (χ2v) is 5.30. The molecule has 0 saturated carbocycles. The van der Waals surface area contributed by atoms with Crippen LogP contribution in [-0.4, -0.2) is 25.9 Å². The fraction of sp³-hybridized carbons (Fsp3) is 0.375. The number of ether oxygens (including phenoxy) is 4. The lowest BCUT2D eigenvalue weighted by molar-refractivity contribution is -0.257. The molecular weight excluding hydrogens is 327 g/mol. The van der Waals surface area contributed by atoms with Gasteiger partial charge in [0, 0.05) is 5.56 Å². The zero-order valence-corrected chi connectivity index (χ0v) is 13.7. The smallest absolute Gasteiger partial charge is 0.198 e. The van der Waals surface area contributed by atoms with Crippen LogP contribution in [0.15, 0.2) is 47.7 Å². The van der Waals surface area contributed by atoms with Gasteiger partial charge >= 0.3 is 0 Å². The molecule has 0 radical (unpaired) electrons. The molecule has 1 fully saturated rings. The van der Waals surface area contributed by atoms with Gasteiger partial charge in [0.25, 0.3) is 0 Å². The van der Waals surface area contributed by atoms with Crippen LogP contribution in [-0.2, 0) is 14.2 Å². The molecule has 2 rings (SSSR count). The molecule has 22 heavy (non-hydrogen) atoms. The van der Waals surface area contributed by atoms with E-state index in [1.807, 2.05) is 24.3 Å². The third-order valence-electron chi connectivity index (χ3n) is 3.26. The largest absolute Gasteiger partial charge is 0.497 e. The van der Waals surface area contributed by atoms with Crippen molar-refractivity contribution in [3.63, 3.8) is 0 Å². The van der Waals surface area contributed by atoms with E-state index in [1.165, 1.54) is 5.54 Å². The summed E-state index contributed by atoms with van der Waals surface area (Å²) in [6.45, 7) is 4.09. The Morgan fingerprint density at radius 3 is 2.73 bits per heavy atom. The molecule has 0 amide bonds. The SMILES string of the molecule is C=CC[C@@H]1O[C@H](c2ccc(OC)cc2)OC[C@H]1O/C(Cl)=C\Cl. The van der Waals surface area contributed by atoms with Crippen molar-refractivity contribution in [3.05, 3.63) is 53.2 Å². The van der Waals surface area contributed by atoms with E-state index in [0.717, 1.165) is 11.3 Å². The maximum absolute atomic E-state index is 5.96. The summed E-state index contributed by atoms with van der Waals surface area (Å²) in [5.41, 5.74) is 2.08. The molecule has 1 saturated heterocycles. The van der Waals surface area contributed by atoms with Gasteiger partial charge in [-0.15, -0.1) is 6.58 Å². The number of hydrogen-bond donors (Lipinski definition) is 0. The Balaban J connectivity index is 2.06.